The topological polar surface area (TPSA) is 81.2 Å². The van der Waals surface area contributed by atoms with Crippen LogP contribution in [0.25, 0.3) is 5.69 Å². The number of halogens is 2. The second kappa shape index (κ2) is 5.11. The van der Waals surface area contributed by atoms with E-state index in [9.17, 15) is 18.9 Å². The number of benzene rings is 1. The Labute approximate surface area is 106 Å². The standard InChI is InChI=1S/C11H9F2N3O3/c12-11(13)10-9(16(18)19)5-15(14-10)8-3-1-7(6-17)2-4-8/h1-5,11,17H,6H2. The van der Waals surface area contributed by atoms with Crippen LogP contribution in [0.5, 0.6) is 0 Å². The molecule has 0 aliphatic rings. The molecular weight excluding hydrogens is 260 g/mol. The number of aromatic nitrogens is 2. The first kappa shape index (κ1) is 13.1. The number of aliphatic hydroxyl groups is 1. The predicted octanol–water partition coefficient (Wildman–Crippen LogP) is 2.21. The lowest BCUT2D eigenvalue weighted by molar-refractivity contribution is -0.386. The molecule has 0 atom stereocenters. The van der Waals surface area contributed by atoms with E-state index in [0.717, 1.165) is 10.9 Å². The lowest BCUT2D eigenvalue weighted by Gasteiger charge is -2.01. The Balaban J connectivity index is 2.44. The fourth-order valence-corrected chi connectivity index (χ4v) is 1.56. The van der Waals surface area contributed by atoms with Gasteiger partial charge in [-0.25, -0.2) is 13.5 Å². The monoisotopic (exact) mass is 269 g/mol. The van der Waals surface area contributed by atoms with Crippen molar-refractivity contribution in [3.05, 3.63) is 51.8 Å². The summed E-state index contributed by atoms with van der Waals surface area (Å²) in [6, 6.07) is 6.20. The molecule has 1 aromatic carbocycles. The number of aliphatic hydroxyl groups excluding tert-OH is 1. The summed E-state index contributed by atoms with van der Waals surface area (Å²) in [5, 5.41) is 23.1. The molecule has 0 saturated carbocycles. The number of rotatable bonds is 4. The Morgan fingerprint density at radius 2 is 2.00 bits per heavy atom. The lowest BCUT2D eigenvalue weighted by atomic mass is 10.2. The third-order valence-corrected chi connectivity index (χ3v) is 2.51. The first-order valence-electron chi connectivity index (χ1n) is 5.25. The van der Waals surface area contributed by atoms with Crippen molar-refractivity contribution < 1.29 is 18.8 Å². The molecule has 0 bridgehead atoms. The van der Waals surface area contributed by atoms with Gasteiger partial charge in [-0.3, -0.25) is 10.1 Å². The van der Waals surface area contributed by atoms with Crippen molar-refractivity contribution in [1.82, 2.24) is 9.78 Å². The van der Waals surface area contributed by atoms with E-state index >= 15 is 0 Å². The maximum Gasteiger partial charge on any atom is 0.316 e. The molecule has 0 aliphatic carbocycles. The van der Waals surface area contributed by atoms with E-state index < -0.39 is 22.7 Å². The second-order valence-corrected chi connectivity index (χ2v) is 3.73. The third kappa shape index (κ3) is 2.58. The molecule has 19 heavy (non-hydrogen) atoms. The first-order valence-corrected chi connectivity index (χ1v) is 5.25. The van der Waals surface area contributed by atoms with Crippen molar-refractivity contribution in [2.75, 3.05) is 0 Å². The summed E-state index contributed by atoms with van der Waals surface area (Å²) >= 11 is 0. The van der Waals surface area contributed by atoms with Crippen molar-refractivity contribution in [3.63, 3.8) is 0 Å². The molecule has 0 unspecified atom stereocenters. The first-order chi connectivity index (χ1) is 9.02. The van der Waals surface area contributed by atoms with Gasteiger partial charge in [-0.1, -0.05) is 12.1 Å². The molecule has 2 rings (SSSR count). The lowest BCUT2D eigenvalue weighted by Crippen LogP contribution is -1.97. The van der Waals surface area contributed by atoms with Gasteiger partial charge < -0.3 is 5.11 Å². The Bertz CT molecular complexity index is 596. The highest BCUT2D eigenvalue weighted by Gasteiger charge is 2.27. The largest absolute Gasteiger partial charge is 0.392 e. The molecule has 2 aromatic rings. The molecule has 0 aliphatic heterocycles. The predicted molar refractivity (Wildman–Crippen MR) is 61.1 cm³/mol. The number of hydrogen-bond donors (Lipinski definition) is 1. The molecule has 1 heterocycles. The van der Waals surface area contributed by atoms with Crippen LogP contribution in [0.2, 0.25) is 0 Å². The highest BCUT2D eigenvalue weighted by Crippen LogP contribution is 2.28. The van der Waals surface area contributed by atoms with Crippen LogP contribution in [-0.4, -0.2) is 19.8 Å². The highest BCUT2D eigenvalue weighted by molar-refractivity contribution is 5.40. The van der Waals surface area contributed by atoms with E-state index in [0.29, 0.717) is 11.3 Å². The van der Waals surface area contributed by atoms with Gasteiger partial charge in [-0.15, -0.1) is 0 Å². The molecular formula is C11H9F2N3O3. The number of nitrogens with zero attached hydrogens (tertiary/aromatic N) is 3. The van der Waals surface area contributed by atoms with E-state index in [1.54, 1.807) is 12.1 Å². The number of alkyl halides is 2. The van der Waals surface area contributed by atoms with Gasteiger partial charge in [-0.05, 0) is 17.7 Å². The maximum absolute atomic E-state index is 12.6. The van der Waals surface area contributed by atoms with Crippen molar-refractivity contribution in [1.29, 1.82) is 0 Å². The van der Waals surface area contributed by atoms with Crippen LogP contribution < -0.4 is 0 Å². The minimum atomic E-state index is -3.02. The summed E-state index contributed by atoms with van der Waals surface area (Å²) in [7, 11) is 0. The second-order valence-electron chi connectivity index (χ2n) is 3.73. The highest BCUT2D eigenvalue weighted by atomic mass is 19.3. The van der Waals surface area contributed by atoms with Gasteiger partial charge in [0.15, 0.2) is 0 Å². The smallest absolute Gasteiger partial charge is 0.316 e. The minimum Gasteiger partial charge on any atom is -0.392 e. The quantitative estimate of drug-likeness (QED) is 0.681. The van der Waals surface area contributed by atoms with Crippen molar-refractivity contribution in [3.8, 4) is 5.69 Å². The summed E-state index contributed by atoms with van der Waals surface area (Å²) in [5.41, 5.74) is -0.552. The van der Waals surface area contributed by atoms with Crippen LogP contribution in [0.15, 0.2) is 30.5 Å². The minimum absolute atomic E-state index is 0.151. The normalized spacial score (nSPS) is 10.9. The Morgan fingerprint density at radius 3 is 2.42 bits per heavy atom. The van der Waals surface area contributed by atoms with Crippen LogP contribution >= 0.6 is 0 Å². The van der Waals surface area contributed by atoms with Gasteiger partial charge in [0, 0.05) is 0 Å². The van der Waals surface area contributed by atoms with Gasteiger partial charge in [0.25, 0.3) is 6.43 Å². The average molecular weight is 269 g/mol. The summed E-state index contributed by atoms with van der Waals surface area (Å²) in [5.74, 6) is 0. The van der Waals surface area contributed by atoms with Gasteiger partial charge in [0.05, 0.1) is 17.2 Å². The van der Waals surface area contributed by atoms with E-state index in [-0.39, 0.29) is 6.61 Å². The molecule has 0 amide bonds. The van der Waals surface area contributed by atoms with Crippen LogP contribution in [-0.2, 0) is 6.61 Å². The molecule has 1 aromatic heterocycles. The molecule has 8 heteroatoms. The molecule has 100 valence electrons. The van der Waals surface area contributed by atoms with Gasteiger partial charge in [0.2, 0.25) is 5.69 Å². The maximum atomic E-state index is 12.6. The summed E-state index contributed by atoms with van der Waals surface area (Å²) in [6.45, 7) is -0.151. The van der Waals surface area contributed by atoms with Gasteiger partial charge in [-0.2, -0.15) is 5.10 Å². The molecule has 1 N–H and O–H groups in total. The average Bonchev–Trinajstić information content (AvgIpc) is 2.84. The molecule has 0 spiro atoms. The molecule has 6 nitrogen and oxygen atoms in total. The SMILES string of the molecule is O=[N+]([O-])c1cn(-c2ccc(CO)cc2)nc1C(F)F. The van der Waals surface area contributed by atoms with Gasteiger partial charge >= 0.3 is 5.69 Å². The third-order valence-electron chi connectivity index (χ3n) is 2.51. The van der Waals surface area contributed by atoms with Crippen molar-refractivity contribution in [2.45, 2.75) is 13.0 Å². The van der Waals surface area contributed by atoms with Crippen LogP contribution in [0.3, 0.4) is 0 Å². The van der Waals surface area contributed by atoms with E-state index in [4.69, 9.17) is 5.11 Å². The molecule has 0 radical (unpaired) electrons. The van der Waals surface area contributed by atoms with Crippen LogP contribution in [0, 0.1) is 10.1 Å². The zero-order chi connectivity index (χ0) is 14.0. The van der Waals surface area contributed by atoms with Gasteiger partial charge in [0.1, 0.15) is 6.20 Å². The van der Waals surface area contributed by atoms with E-state index in [1.807, 2.05) is 0 Å². The Hall–Kier alpha value is -2.35. The van der Waals surface area contributed by atoms with E-state index in [2.05, 4.69) is 5.10 Å². The van der Waals surface area contributed by atoms with Crippen LogP contribution in [0.1, 0.15) is 17.7 Å². The van der Waals surface area contributed by atoms with Crippen molar-refractivity contribution >= 4 is 5.69 Å². The van der Waals surface area contributed by atoms with Crippen molar-refractivity contribution in [2.24, 2.45) is 0 Å². The molecule has 0 saturated heterocycles. The Morgan fingerprint density at radius 1 is 1.37 bits per heavy atom. The zero-order valence-corrected chi connectivity index (χ0v) is 9.53. The fourth-order valence-electron chi connectivity index (χ4n) is 1.56. The molecule has 0 fully saturated rings. The van der Waals surface area contributed by atoms with Crippen LogP contribution in [0.4, 0.5) is 14.5 Å². The number of hydrogen-bond acceptors (Lipinski definition) is 4. The number of nitro groups is 1. The van der Waals surface area contributed by atoms with E-state index in [1.165, 1.54) is 12.1 Å². The summed E-state index contributed by atoms with van der Waals surface area (Å²) in [4.78, 5) is 9.76. The summed E-state index contributed by atoms with van der Waals surface area (Å²) in [6.07, 6.45) is -2.08. The zero-order valence-electron chi connectivity index (χ0n) is 9.53. The Kier molecular flexibility index (Phi) is 3.52. The summed E-state index contributed by atoms with van der Waals surface area (Å²) < 4.78 is 26.3. The fraction of sp³-hybridized carbons (Fsp3) is 0.182.